The number of hydrogen-bond acceptors (Lipinski definition) is 3. The zero-order chi connectivity index (χ0) is 13.9. The number of hydrogen-bond donors (Lipinski definition) is 0. The van der Waals surface area contributed by atoms with Crippen molar-refractivity contribution >= 4 is 17.2 Å². The largest absolute Gasteiger partial charge is 0.334 e. The lowest BCUT2D eigenvalue weighted by Gasteiger charge is -2.24. The third-order valence-corrected chi connectivity index (χ3v) is 4.47. The van der Waals surface area contributed by atoms with E-state index >= 15 is 0 Å². The second-order valence-corrected chi connectivity index (χ2v) is 6.08. The summed E-state index contributed by atoms with van der Waals surface area (Å²) in [6.45, 7) is 2.95. The molecule has 1 fully saturated rings. The molecule has 3 nitrogen and oxygen atoms in total. The van der Waals surface area contributed by atoms with Crippen LogP contribution in [0.1, 0.15) is 34.5 Å². The highest BCUT2D eigenvalue weighted by Crippen LogP contribution is 2.23. The summed E-state index contributed by atoms with van der Waals surface area (Å²) in [7, 11) is 0. The van der Waals surface area contributed by atoms with E-state index in [1.54, 1.807) is 5.51 Å². The SMILES string of the molecule is Cc1ccc(C[C@@H]2CCCN2C(=O)c2cscn2)cc1. The van der Waals surface area contributed by atoms with E-state index in [1.165, 1.54) is 22.5 Å². The fraction of sp³-hybridized carbons (Fsp3) is 0.375. The normalized spacial score (nSPS) is 18.4. The molecule has 1 atom stereocenters. The molecule has 0 aliphatic carbocycles. The number of benzene rings is 1. The second-order valence-electron chi connectivity index (χ2n) is 5.36. The average Bonchev–Trinajstić information content (AvgIpc) is 3.12. The van der Waals surface area contributed by atoms with Crippen LogP contribution in [0.2, 0.25) is 0 Å². The lowest BCUT2D eigenvalue weighted by atomic mass is 10.0. The summed E-state index contributed by atoms with van der Waals surface area (Å²) < 4.78 is 0. The van der Waals surface area contributed by atoms with E-state index in [4.69, 9.17) is 0 Å². The predicted molar refractivity (Wildman–Crippen MR) is 81.1 cm³/mol. The van der Waals surface area contributed by atoms with E-state index in [2.05, 4.69) is 36.2 Å². The first kappa shape index (κ1) is 13.3. The van der Waals surface area contributed by atoms with E-state index in [1.807, 2.05) is 10.3 Å². The van der Waals surface area contributed by atoms with Crippen molar-refractivity contribution in [3.05, 3.63) is 52.0 Å². The summed E-state index contributed by atoms with van der Waals surface area (Å²) in [5, 5.41) is 1.84. The standard InChI is InChI=1S/C16H18N2OS/c1-12-4-6-13(7-5-12)9-14-3-2-8-18(14)16(19)15-10-20-11-17-15/h4-7,10-11,14H,2-3,8-9H2,1H3/t14-/m0/s1. The highest BCUT2D eigenvalue weighted by atomic mass is 32.1. The van der Waals surface area contributed by atoms with Crippen molar-refractivity contribution in [3.63, 3.8) is 0 Å². The number of amides is 1. The molecule has 0 radical (unpaired) electrons. The Balaban J connectivity index is 1.72. The van der Waals surface area contributed by atoms with Gasteiger partial charge in [0, 0.05) is 18.0 Å². The van der Waals surface area contributed by atoms with Gasteiger partial charge in [-0.05, 0) is 31.7 Å². The lowest BCUT2D eigenvalue weighted by molar-refractivity contribution is 0.0731. The molecule has 20 heavy (non-hydrogen) atoms. The predicted octanol–water partition coefficient (Wildman–Crippen LogP) is 3.30. The minimum Gasteiger partial charge on any atom is -0.334 e. The third-order valence-electron chi connectivity index (χ3n) is 3.88. The van der Waals surface area contributed by atoms with E-state index in [0.717, 1.165) is 25.8 Å². The van der Waals surface area contributed by atoms with Crippen molar-refractivity contribution in [2.75, 3.05) is 6.54 Å². The van der Waals surface area contributed by atoms with Gasteiger partial charge in [-0.2, -0.15) is 0 Å². The van der Waals surface area contributed by atoms with Gasteiger partial charge in [0.05, 0.1) is 5.51 Å². The van der Waals surface area contributed by atoms with Gasteiger partial charge in [0.25, 0.3) is 5.91 Å². The molecule has 1 aromatic heterocycles. The molecule has 4 heteroatoms. The zero-order valence-corrected chi connectivity index (χ0v) is 12.4. The molecule has 1 aliphatic rings. The summed E-state index contributed by atoms with van der Waals surface area (Å²) in [6, 6.07) is 8.92. The Morgan fingerprint density at radius 3 is 2.90 bits per heavy atom. The molecule has 3 rings (SSSR count). The number of carbonyl (C=O) groups is 1. The van der Waals surface area contributed by atoms with Gasteiger partial charge < -0.3 is 4.90 Å². The number of aryl methyl sites for hydroxylation is 1. The van der Waals surface area contributed by atoms with Gasteiger partial charge in [-0.25, -0.2) is 4.98 Å². The van der Waals surface area contributed by atoms with Gasteiger partial charge in [-0.1, -0.05) is 29.8 Å². The minimum atomic E-state index is 0.0841. The van der Waals surface area contributed by atoms with Crippen LogP contribution in [0.5, 0.6) is 0 Å². The molecule has 0 bridgehead atoms. The molecule has 1 amide bonds. The number of nitrogens with zero attached hydrogens (tertiary/aromatic N) is 2. The quantitative estimate of drug-likeness (QED) is 0.867. The van der Waals surface area contributed by atoms with Crippen LogP contribution in [0.3, 0.4) is 0 Å². The summed E-state index contributed by atoms with van der Waals surface area (Å²) >= 11 is 1.47. The van der Waals surface area contributed by atoms with Gasteiger partial charge >= 0.3 is 0 Å². The summed E-state index contributed by atoms with van der Waals surface area (Å²) in [4.78, 5) is 18.6. The lowest BCUT2D eigenvalue weighted by Crippen LogP contribution is -2.37. The first-order chi connectivity index (χ1) is 9.74. The maximum absolute atomic E-state index is 12.4. The van der Waals surface area contributed by atoms with Crippen LogP contribution in [-0.2, 0) is 6.42 Å². The summed E-state index contributed by atoms with van der Waals surface area (Å²) in [5.41, 5.74) is 4.89. The highest BCUT2D eigenvalue weighted by molar-refractivity contribution is 7.07. The van der Waals surface area contributed by atoms with Crippen molar-refractivity contribution in [2.24, 2.45) is 0 Å². The maximum Gasteiger partial charge on any atom is 0.273 e. The van der Waals surface area contributed by atoms with Crippen molar-refractivity contribution in [3.8, 4) is 0 Å². The fourth-order valence-electron chi connectivity index (χ4n) is 2.78. The molecular weight excluding hydrogens is 268 g/mol. The molecule has 1 aliphatic heterocycles. The average molecular weight is 286 g/mol. The molecule has 1 aromatic carbocycles. The number of likely N-dealkylation sites (tertiary alicyclic amines) is 1. The van der Waals surface area contributed by atoms with E-state index in [0.29, 0.717) is 11.7 Å². The van der Waals surface area contributed by atoms with Crippen LogP contribution in [0.25, 0.3) is 0 Å². The van der Waals surface area contributed by atoms with Gasteiger partial charge in [0.15, 0.2) is 0 Å². The fourth-order valence-corrected chi connectivity index (χ4v) is 3.30. The van der Waals surface area contributed by atoms with Crippen LogP contribution < -0.4 is 0 Å². The minimum absolute atomic E-state index is 0.0841. The Morgan fingerprint density at radius 1 is 1.40 bits per heavy atom. The van der Waals surface area contributed by atoms with Crippen LogP contribution in [-0.4, -0.2) is 28.4 Å². The Labute approximate surface area is 123 Å². The number of carbonyl (C=O) groups excluding carboxylic acids is 1. The molecule has 104 valence electrons. The Morgan fingerprint density at radius 2 is 2.20 bits per heavy atom. The van der Waals surface area contributed by atoms with Crippen LogP contribution >= 0.6 is 11.3 Å². The zero-order valence-electron chi connectivity index (χ0n) is 11.6. The molecule has 0 spiro atoms. The maximum atomic E-state index is 12.4. The Hall–Kier alpha value is -1.68. The number of thiazole rings is 1. The van der Waals surface area contributed by atoms with E-state index in [-0.39, 0.29) is 5.91 Å². The first-order valence-electron chi connectivity index (χ1n) is 6.99. The third kappa shape index (κ3) is 2.75. The molecule has 1 saturated heterocycles. The molecular formula is C16H18N2OS. The molecule has 0 unspecified atom stereocenters. The topological polar surface area (TPSA) is 33.2 Å². The van der Waals surface area contributed by atoms with Crippen molar-refractivity contribution in [2.45, 2.75) is 32.2 Å². The van der Waals surface area contributed by atoms with Crippen molar-refractivity contribution in [1.82, 2.24) is 9.88 Å². The smallest absolute Gasteiger partial charge is 0.273 e. The summed E-state index contributed by atoms with van der Waals surface area (Å²) in [5.74, 6) is 0.0841. The van der Waals surface area contributed by atoms with E-state index < -0.39 is 0 Å². The van der Waals surface area contributed by atoms with Crippen LogP contribution in [0.15, 0.2) is 35.2 Å². The first-order valence-corrected chi connectivity index (χ1v) is 7.93. The Kier molecular flexibility index (Phi) is 3.83. The van der Waals surface area contributed by atoms with Crippen LogP contribution in [0.4, 0.5) is 0 Å². The van der Waals surface area contributed by atoms with Crippen molar-refractivity contribution < 1.29 is 4.79 Å². The summed E-state index contributed by atoms with van der Waals surface area (Å²) in [6.07, 6.45) is 3.12. The molecule has 2 heterocycles. The van der Waals surface area contributed by atoms with Crippen molar-refractivity contribution in [1.29, 1.82) is 0 Å². The molecule has 2 aromatic rings. The number of rotatable bonds is 3. The van der Waals surface area contributed by atoms with Gasteiger partial charge in [-0.15, -0.1) is 11.3 Å². The van der Waals surface area contributed by atoms with Gasteiger partial charge in [0.2, 0.25) is 0 Å². The molecule has 0 N–H and O–H groups in total. The van der Waals surface area contributed by atoms with E-state index in [9.17, 15) is 4.79 Å². The number of aromatic nitrogens is 1. The Bertz CT molecular complexity index is 577. The highest BCUT2D eigenvalue weighted by Gasteiger charge is 2.30. The monoisotopic (exact) mass is 286 g/mol. The van der Waals surface area contributed by atoms with Gasteiger partial charge in [-0.3, -0.25) is 4.79 Å². The molecule has 0 saturated carbocycles. The van der Waals surface area contributed by atoms with Gasteiger partial charge in [0.1, 0.15) is 5.69 Å². The van der Waals surface area contributed by atoms with Crippen LogP contribution in [0, 0.1) is 6.92 Å². The second kappa shape index (κ2) is 5.75.